The Bertz CT molecular complexity index is 492. The Morgan fingerprint density at radius 3 is 3.06 bits per heavy atom. The highest BCUT2D eigenvalue weighted by Crippen LogP contribution is 2.26. The number of aryl methyl sites for hydroxylation is 1. The van der Waals surface area contributed by atoms with Crippen molar-refractivity contribution >= 4 is 28.9 Å². The van der Waals surface area contributed by atoms with E-state index in [1.165, 1.54) is 0 Å². The SMILES string of the molecule is CCn1ccnc1Nc1cc(N)ccc1Cl. The molecule has 1 heterocycles. The number of hydrogen-bond donors (Lipinski definition) is 2. The first-order valence-corrected chi connectivity index (χ1v) is 5.41. The maximum Gasteiger partial charge on any atom is 0.207 e. The Morgan fingerprint density at radius 1 is 1.50 bits per heavy atom. The summed E-state index contributed by atoms with van der Waals surface area (Å²) in [7, 11) is 0. The number of benzene rings is 1. The number of nitrogens with zero attached hydrogens (tertiary/aromatic N) is 2. The van der Waals surface area contributed by atoms with Crippen LogP contribution < -0.4 is 11.1 Å². The lowest BCUT2D eigenvalue weighted by atomic mass is 10.3. The van der Waals surface area contributed by atoms with E-state index in [0.29, 0.717) is 10.7 Å². The number of nitrogen functional groups attached to an aromatic ring is 1. The minimum Gasteiger partial charge on any atom is -0.399 e. The predicted molar refractivity (Wildman–Crippen MR) is 67.0 cm³/mol. The van der Waals surface area contributed by atoms with Gasteiger partial charge in [-0.1, -0.05) is 11.6 Å². The van der Waals surface area contributed by atoms with Gasteiger partial charge in [0.1, 0.15) is 0 Å². The van der Waals surface area contributed by atoms with Crippen molar-refractivity contribution in [2.24, 2.45) is 0 Å². The molecule has 0 unspecified atom stereocenters. The number of nitrogens with two attached hydrogens (primary N) is 1. The summed E-state index contributed by atoms with van der Waals surface area (Å²) in [5.41, 5.74) is 7.14. The first-order chi connectivity index (χ1) is 7.70. The summed E-state index contributed by atoms with van der Waals surface area (Å²) >= 11 is 6.05. The van der Waals surface area contributed by atoms with E-state index < -0.39 is 0 Å². The largest absolute Gasteiger partial charge is 0.399 e. The van der Waals surface area contributed by atoms with Crippen LogP contribution in [0.1, 0.15) is 6.92 Å². The van der Waals surface area contributed by atoms with Crippen LogP contribution in [-0.4, -0.2) is 9.55 Å². The third-order valence-corrected chi connectivity index (χ3v) is 2.62. The summed E-state index contributed by atoms with van der Waals surface area (Å²) < 4.78 is 1.99. The second-order valence-electron chi connectivity index (χ2n) is 3.40. The summed E-state index contributed by atoms with van der Waals surface area (Å²) in [5.74, 6) is 0.759. The van der Waals surface area contributed by atoms with Gasteiger partial charge in [-0.15, -0.1) is 0 Å². The van der Waals surface area contributed by atoms with E-state index in [0.717, 1.165) is 18.2 Å². The Balaban J connectivity index is 2.30. The first kappa shape index (κ1) is 10.8. The summed E-state index contributed by atoms with van der Waals surface area (Å²) in [6.45, 7) is 2.90. The van der Waals surface area contributed by atoms with Gasteiger partial charge in [0, 0.05) is 24.6 Å². The van der Waals surface area contributed by atoms with E-state index in [4.69, 9.17) is 17.3 Å². The van der Waals surface area contributed by atoms with Gasteiger partial charge in [0.05, 0.1) is 10.7 Å². The maximum absolute atomic E-state index is 6.05. The minimum atomic E-state index is 0.625. The van der Waals surface area contributed by atoms with Crippen molar-refractivity contribution in [2.75, 3.05) is 11.1 Å². The van der Waals surface area contributed by atoms with E-state index in [-0.39, 0.29) is 0 Å². The van der Waals surface area contributed by atoms with Crippen LogP contribution >= 0.6 is 11.6 Å². The predicted octanol–water partition coefficient (Wildman–Crippen LogP) is 2.88. The van der Waals surface area contributed by atoms with Crippen LogP contribution in [-0.2, 0) is 6.54 Å². The molecule has 5 heteroatoms. The van der Waals surface area contributed by atoms with Gasteiger partial charge in [0.25, 0.3) is 0 Å². The van der Waals surface area contributed by atoms with Gasteiger partial charge in [0.15, 0.2) is 0 Å². The summed E-state index contributed by atoms with van der Waals surface area (Å²) in [5, 5.41) is 3.78. The molecule has 84 valence electrons. The van der Waals surface area contributed by atoms with Gasteiger partial charge >= 0.3 is 0 Å². The highest BCUT2D eigenvalue weighted by Gasteiger charge is 2.05. The standard InChI is InChI=1S/C11H13ClN4/c1-2-16-6-5-14-11(16)15-10-7-8(13)3-4-9(10)12/h3-7H,2,13H2,1H3,(H,14,15). The fourth-order valence-corrected chi connectivity index (χ4v) is 1.61. The highest BCUT2D eigenvalue weighted by molar-refractivity contribution is 6.33. The van der Waals surface area contributed by atoms with Crippen LogP contribution in [0.15, 0.2) is 30.6 Å². The normalized spacial score (nSPS) is 10.4. The molecule has 0 atom stereocenters. The second kappa shape index (κ2) is 4.45. The molecule has 16 heavy (non-hydrogen) atoms. The van der Waals surface area contributed by atoms with Crippen molar-refractivity contribution in [1.29, 1.82) is 0 Å². The molecule has 2 aromatic rings. The molecule has 0 amide bonds. The molecule has 1 aromatic carbocycles. The zero-order chi connectivity index (χ0) is 11.5. The van der Waals surface area contributed by atoms with Crippen molar-refractivity contribution < 1.29 is 0 Å². The van der Waals surface area contributed by atoms with Crippen LogP contribution in [0, 0.1) is 0 Å². The van der Waals surface area contributed by atoms with Crippen LogP contribution in [0.5, 0.6) is 0 Å². The van der Waals surface area contributed by atoms with E-state index in [9.17, 15) is 0 Å². The second-order valence-corrected chi connectivity index (χ2v) is 3.81. The summed E-state index contributed by atoms with van der Waals surface area (Å²) in [6, 6.07) is 5.31. The van der Waals surface area contributed by atoms with Crippen LogP contribution in [0.25, 0.3) is 0 Å². The first-order valence-electron chi connectivity index (χ1n) is 5.04. The van der Waals surface area contributed by atoms with Crippen molar-refractivity contribution in [3.63, 3.8) is 0 Å². The topological polar surface area (TPSA) is 55.9 Å². The zero-order valence-corrected chi connectivity index (χ0v) is 9.70. The third-order valence-electron chi connectivity index (χ3n) is 2.29. The minimum absolute atomic E-state index is 0.625. The summed E-state index contributed by atoms with van der Waals surface area (Å²) in [4.78, 5) is 4.21. The molecule has 0 aliphatic rings. The van der Waals surface area contributed by atoms with Crippen LogP contribution in [0.2, 0.25) is 5.02 Å². The molecule has 2 rings (SSSR count). The Morgan fingerprint density at radius 2 is 2.31 bits per heavy atom. The van der Waals surface area contributed by atoms with Gasteiger partial charge in [0.2, 0.25) is 5.95 Å². The molecular weight excluding hydrogens is 224 g/mol. The monoisotopic (exact) mass is 236 g/mol. The third kappa shape index (κ3) is 2.12. The van der Waals surface area contributed by atoms with Gasteiger partial charge in [-0.25, -0.2) is 4.98 Å². The van der Waals surface area contributed by atoms with Gasteiger partial charge in [-0.3, -0.25) is 0 Å². The van der Waals surface area contributed by atoms with Gasteiger partial charge in [-0.2, -0.15) is 0 Å². The average Bonchev–Trinajstić information content (AvgIpc) is 2.71. The Hall–Kier alpha value is -1.68. The number of anilines is 3. The zero-order valence-electron chi connectivity index (χ0n) is 8.94. The number of rotatable bonds is 3. The molecule has 0 radical (unpaired) electrons. The van der Waals surface area contributed by atoms with E-state index in [2.05, 4.69) is 10.3 Å². The fraction of sp³-hybridized carbons (Fsp3) is 0.182. The molecule has 0 saturated heterocycles. The van der Waals surface area contributed by atoms with Gasteiger partial charge in [-0.05, 0) is 25.1 Å². The lowest BCUT2D eigenvalue weighted by Crippen LogP contribution is -2.02. The van der Waals surface area contributed by atoms with Crippen molar-refractivity contribution in [3.05, 3.63) is 35.6 Å². The van der Waals surface area contributed by atoms with Gasteiger partial charge < -0.3 is 15.6 Å². The molecule has 3 N–H and O–H groups in total. The van der Waals surface area contributed by atoms with E-state index in [1.807, 2.05) is 17.7 Å². The van der Waals surface area contributed by atoms with Crippen LogP contribution in [0.3, 0.4) is 0 Å². The number of nitrogens with one attached hydrogen (secondary N) is 1. The number of imidazole rings is 1. The number of hydrogen-bond acceptors (Lipinski definition) is 3. The van der Waals surface area contributed by atoms with Crippen molar-refractivity contribution in [3.8, 4) is 0 Å². The van der Waals surface area contributed by atoms with E-state index in [1.54, 1.807) is 24.4 Å². The molecule has 0 spiro atoms. The lowest BCUT2D eigenvalue weighted by Gasteiger charge is -2.09. The molecule has 1 aromatic heterocycles. The van der Waals surface area contributed by atoms with Crippen molar-refractivity contribution in [2.45, 2.75) is 13.5 Å². The maximum atomic E-state index is 6.05. The Kier molecular flexibility index (Phi) is 3.01. The lowest BCUT2D eigenvalue weighted by molar-refractivity contribution is 0.772. The molecular formula is C11H13ClN4. The number of halogens is 1. The molecule has 0 saturated carbocycles. The quantitative estimate of drug-likeness (QED) is 0.806. The smallest absolute Gasteiger partial charge is 0.207 e. The average molecular weight is 237 g/mol. The molecule has 0 aliphatic heterocycles. The number of aromatic nitrogens is 2. The molecule has 0 fully saturated rings. The van der Waals surface area contributed by atoms with Crippen molar-refractivity contribution in [1.82, 2.24) is 9.55 Å². The summed E-state index contributed by atoms with van der Waals surface area (Å²) in [6.07, 6.45) is 3.65. The van der Waals surface area contributed by atoms with Crippen LogP contribution in [0.4, 0.5) is 17.3 Å². The highest BCUT2D eigenvalue weighted by atomic mass is 35.5. The molecule has 0 aliphatic carbocycles. The van der Waals surface area contributed by atoms with E-state index >= 15 is 0 Å². The molecule has 4 nitrogen and oxygen atoms in total. The molecule has 0 bridgehead atoms. The fourth-order valence-electron chi connectivity index (χ4n) is 1.45. The Labute approximate surface area is 99.1 Å².